The van der Waals surface area contributed by atoms with Crippen LogP contribution >= 0.6 is 23.2 Å². The number of carbonyl (C=O) groups excluding carboxylic acids is 2. The molecule has 0 saturated heterocycles. The van der Waals surface area contributed by atoms with Gasteiger partial charge in [-0.2, -0.15) is 0 Å². The highest BCUT2D eigenvalue weighted by Crippen LogP contribution is 2.27. The molecule has 0 saturated carbocycles. The van der Waals surface area contributed by atoms with Crippen LogP contribution in [-0.2, 0) is 9.59 Å². The summed E-state index contributed by atoms with van der Waals surface area (Å²) >= 11 is 11.7. The summed E-state index contributed by atoms with van der Waals surface area (Å²) in [5.74, 6) is -0.239. The minimum Gasteiger partial charge on any atom is -0.482 e. The predicted molar refractivity (Wildman–Crippen MR) is 99.1 cm³/mol. The Morgan fingerprint density at radius 3 is 2.68 bits per heavy atom. The summed E-state index contributed by atoms with van der Waals surface area (Å²) in [5, 5.41) is 6.13. The summed E-state index contributed by atoms with van der Waals surface area (Å²) in [6, 6.07) is 4.74. The van der Waals surface area contributed by atoms with Gasteiger partial charge in [0.2, 0.25) is 5.91 Å². The number of allylic oxidation sites excluding steroid dienone is 1. The highest BCUT2D eigenvalue weighted by molar-refractivity contribution is 6.35. The second kappa shape index (κ2) is 10.3. The highest BCUT2D eigenvalue weighted by atomic mass is 35.5. The molecule has 0 radical (unpaired) electrons. The van der Waals surface area contributed by atoms with Crippen LogP contribution in [0.2, 0.25) is 10.0 Å². The Labute approximate surface area is 157 Å². The molecule has 1 aliphatic rings. The van der Waals surface area contributed by atoms with E-state index in [-0.39, 0.29) is 19.1 Å². The lowest BCUT2D eigenvalue weighted by atomic mass is 9.97. The van der Waals surface area contributed by atoms with Crippen molar-refractivity contribution in [1.29, 1.82) is 0 Å². The lowest BCUT2D eigenvalue weighted by Gasteiger charge is -2.13. The van der Waals surface area contributed by atoms with E-state index in [1.807, 2.05) is 0 Å². The number of amides is 2. The van der Waals surface area contributed by atoms with Gasteiger partial charge in [-0.05, 0) is 50.3 Å². The predicted octanol–water partition coefficient (Wildman–Crippen LogP) is 3.50. The van der Waals surface area contributed by atoms with Crippen molar-refractivity contribution in [2.45, 2.75) is 32.1 Å². The molecule has 0 aromatic heterocycles. The van der Waals surface area contributed by atoms with Crippen LogP contribution in [0.4, 0.5) is 0 Å². The molecule has 1 aromatic carbocycles. The van der Waals surface area contributed by atoms with Crippen molar-refractivity contribution in [3.05, 3.63) is 39.9 Å². The molecule has 0 fully saturated rings. The van der Waals surface area contributed by atoms with Crippen molar-refractivity contribution in [2.75, 3.05) is 19.7 Å². The van der Waals surface area contributed by atoms with Gasteiger partial charge < -0.3 is 15.4 Å². The standard InChI is InChI=1S/C18H22Cl2N2O3/c19-14-6-7-16(15(20)10-14)25-12-18(24)22-11-17(23)21-9-8-13-4-2-1-3-5-13/h4,6-7,10H,1-3,5,8-9,11-12H2,(H,21,23)(H,22,24). The number of ether oxygens (including phenoxy) is 1. The lowest BCUT2D eigenvalue weighted by molar-refractivity contribution is -0.127. The normalized spacial score (nSPS) is 13.8. The molecule has 2 amide bonds. The number of halogens is 2. The van der Waals surface area contributed by atoms with Crippen LogP contribution in [0.3, 0.4) is 0 Å². The smallest absolute Gasteiger partial charge is 0.258 e. The molecule has 7 heteroatoms. The van der Waals surface area contributed by atoms with Crippen LogP contribution < -0.4 is 15.4 Å². The average Bonchev–Trinajstić information content (AvgIpc) is 2.60. The summed E-state index contributed by atoms with van der Waals surface area (Å²) in [6.07, 6.45) is 7.88. The maximum atomic E-state index is 11.7. The third-order valence-corrected chi connectivity index (χ3v) is 4.38. The first-order valence-corrected chi connectivity index (χ1v) is 9.09. The first-order chi connectivity index (χ1) is 12.0. The van der Waals surface area contributed by atoms with E-state index in [9.17, 15) is 9.59 Å². The van der Waals surface area contributed by atoms with Gasteiger partial charge in [-0.25, -0.2) is 0 Å². The number of rotatable bonds is 8. The zero-order chi connectivity index (χ0) is 18.1. The highest BCUT2D eigenvalue weighted by Gasteiger charge is 2.09. The maximum absolute atomic E-state index is 11.7. The molecule has 1 aliphatic carbocycles. The summed E-state index contributed by atoms with van der Waals surface area (Å²) in [6.45, 7) is 0.300. The quantitative estimate of drug-likeness (QED) is 0.674. The van der Waals surface area contributed by atoms with Crippen LogP contribution in [0, 0.1) is 0 Å². The number of carbonyl (C=O) groups is 2. The number of hydrogen-bond acceptors (Lipinski definition) is 3. The van der Waals surface area contributed by atoms with Crippen molar-refractivity contribution in [3.8, 4) is 5.75 Å². The Hall–Kier alpha value is -1.72. The first-order valence-electron chi connectivity index (χ1n) is 8.34. The molecule has 0 spiro atoms. The van der Waals surface area contributed by atoms with Gasteiger partial charge in [0.15, 0.2) is 6.61 Å². The average molecular weight is 385 g/mol. The Kier molecular flexibility index (Phi) is 8.09. The van der Waals surface area contributed by atoms with Crippen LogP contribution in [0.5, 0.6) is 5.75 Å². The van der Waals surface area contributed by atoms with Gasteiger partial charge in [0.1, 0.15) is 5.75 Å². The summed E-state index contributed by atoms with van der Waals surface area (Å²) in [7, 11) is 0. The minimum absolute atomic E-state index is 0.0738. The van der Waals surface area contributed by atoms with Crippen LogP contribution in [0.1, 0.15) is 32.1 Å². The molecular formula is C18H22Cl2N2O3. The van der Waals surface area contributed by atoms with E-state index >= 15 is 0 Å². The van der Waals surface area contributed by atoms with E-state index in [0.29, 0.717) is 22.3 Å². The summed E-state index contributed by atoms with van der Waals surface area (Å²) in [5.41, 5.74) is 1.41. The molecule has 0 heterocycles. The molecule has 136 valence electrons. The molecule has 0 atom stereocenters. The summed E-state index contributed by atoms with van der Waals surface area (Å²) < 4.78 is 5.30. The molecule has 2 rings (SSSR count). The van der Waals surface area contributed by atoms with Crippen molar-refractivity contribution >= 4 is 35.0 Å². The Balaban J connectivity index is 1.60. The third-order valence-electron chi connectivity index (χ3n) is 3.85. The van der Waals surface area contributed by atoms with Gasteiger partial charge >= 0.3 is 0 Å². The molecular weight excluding hydrogens is 363 g/mol. The second-order valence-corrected chi connectivity index (χ2v) is 6.69. The van der Waals surface area contributed by atoms with E-state index in [0.717, 1.165) is 19.3 Å². The second-order valence-electron chi connectivity index (χ2n) is 5.85. The van der Waals surface area contributed by atoms with E-state index in [4.69, 9.17) is 27.9 Å². The minimum atomic E-state index is -0.392. The maximum Gasteiger partial charge on any atom is 0.258 e. The molecule has 0 bridgehead atoms. The fourth-order valence-electron chi connectivity index (χ4n) is 2.52. The Morgan fingerprint density at radius 1 is 1.12 bits per heavy atom. The van der Waals surface area contributed by atoms with Gasteiger partial charge in [0.25, 0.3) is 5.91 Å². The molecule has 1 aromatic rings. The van der Waals surface area contributed by atoms with E-state index < -0.39 is 5.91 Å². The van der Waals surface area contributed by atoms with Crippen LogP contribution in [0.25, 0.3) is 0 Å². The largest absolute Gasteiger partial charge is 0.482 e. The molecule has 0 unspecified atom stereocenters. The SMILES string of the molecule is O=C(CNC(=O)COc1ccc(Cl)cc1Cl)NCCC1=CCCCC1. The Morgan fingerprint density at radius 2 is 1.96 bits per heavy atom. The third kappa shape index (κ3) is 7.36. The molecule has 2 N–H and O–H groups in total. The van der Waals surface area contributed by atoms with Crippen LogP contribution in [-0.4, -0.2) is 31.5 Å². The number of nitrogens with one attached hydrogen (secondary N) is 2. The van der Waals surface area contributed by atoms with Gasteiger partial charge in [0, 0.05) is 11.6 Å². The van der Waals surface area contributed by atoms with Crippen molar-refractivity contribution in [3.63, 3.8) is 0 Å². The number of hydrogen-bond donors (Lipinski definition) is 2. The van der Waals surface area contributed by atoms with E-state index in [1.54, 1.807) is 12.1 Å². The Bertz CT molecular complexity index is 647. The van der Waals surface area contributed by atoms with Gasteiger partial charge in [0.05, 0.1) is 11.6 Å². The molecule has 25 heavy (non-hydrogen) atoms. The van der Waals surface area contributed by atoms with E-state index in [1.165, 1.54) is 24.5 Å². The molecule has 5 nitrogen and oxygen atoms in total. The lowest BCUT2D eigenvalue weighted by Crippen LogP contribution is -2.39. The van der Waals surface area contributed by atoms with Crippen molar-refractivity contribution in [1.82, 2.24) is 10.6 Å². The topological polar surface area (TPSA) is 67.4 Å². The zero-order valence-corrected chi connectivity index (χ0v) is 15.5. The van der Waals surface area contributed by atoms with Gasteiger partial charge in [-0.1, -0.05) is 34.9 Å². The fraction of sp³-hybridized carbons (Fsp3) is 0.444. The first kappa shape index (κ1) is 19.6. The van der Waals surface area contributed by atoms with Crippen LogP contribution in [0.15, 0.2) is 29.8 Å². The van der Waals surface area contributed by atoms with Gasteiger partial charge in [-0.3, -0.25) is 9.59 Å². The van der Waals surface area contributed by atoms with Crippen molar-refractivity contribution < 1.29 is 14.3 Å². The summed E-state index contributed by atoms with van der Waals surface area (Å²) in [4.78, 5) is 23.5. The van der Waals surface area contributed by atoms with E-state index in [2.05, 4.69) is 16.7 Å². The van der Waals surface area contributed by atoms with Crippen molar-refractivity contribution in [2.24, 2.45) is 0 Å². The monoisotopic (exact) mass is 384 g/mol. The van der Waals surface area contributed by atoms with Gasteiger partial charge in [-0.15, -0.1) is 0 Å². The fourth-order valence-corrected chi connectivity index (χ4v) is 2.99. The number of benzene rings is 1. The molecule has 0 aliphatic heterocycles. The zero-order valence-electron chi connectivity index (χ0n) is 13.9.